The minimum Gasteiger partial charge on any atom is -0.493 e. The minimum atomic E-state index is -4.27. The molecule has 0 fully saturated rings. The Morgan fingerprint density at radius 2 is 1.61 bits per heavy atom. The molecule has 0 unspecified atom stereocenters. The van der Waals surface area contributed by atoms with Gasteiger partial charge in [0, 0.05) is 24.2 Å². The molecule has 0 bridgehead atoms. The van der Waals surface area contributed by atoms with Crippen LogP contribution >= 0.6 is 11.6 Å². The summed E-state index contributed by atoms with van der Waals surface area (Å²) in [5.41, 5.74) is 1.22. The van der Waals surface area contributed by atoms with Crippen LogP contribution in [0.4, 0.5) is 5.69 Å². The SMILES string of the molecule is CCCNC(=O)[C@H](C)N(CCc1ccccc1)C(=O)CN(c1ccc(Cl)cc1)S(=O)(=O)c1ccc(OC)c(OC)c1. The van der Waals surface area contributed by atoms with E-state index in [-0.39, 0.29) is 28.8 Å². The summed E-state index contributed by atoms with van der Waals surface area (Å²) in [5.74, 6) is -0.255. The van der Waals surface area contributed by atoms with Gasteiger partial charge in [-0.05, 0) is 61.7 Å². The first-order valence-electron chi connectivity index (χ1n) is 13.2. The minimum absolute atomic E-state index is 0.0949. The van der Waals surface area contributed by atoms with Gasteiger partial charge in [0.2, 0.25) is 11.8 Å². The summed E-state index contributed by atoms with van der Waals surface area (Å²) >= 11 is 6.08. The number of hydrogen-bond donors (Lipinski definition) is 1. The van der Waals surface area contributed by atoms with Gasteiger partial charge in [0.05, 0.1) is 24.8 Å². The van der Waals surface area contributed by atoms with Crippen LogP contribution in [0.25, 0.3) is 0 Å². The maximum absolute atomic E-state index is 14.0. The largest absolute Gasteiger partial charge is 0.493 e. The number of hydrogen-bond acceptors (Lipinski definition) is 6. The van der Waals surface area contributed by atoms with Crippen LogP contribution in [0.2, 0.25) is 5.02 Å². The van der Waals surface area contributed by atoms with Gasteiger partial charge in [-0.3, -0.25) is 13.9 Å². The predicted molar refractivity (Wildman–Crippen MR) is 160 cm³/mol. The molecule has 0 aliphatic rings. The van der Waals surface area contributed by atoms with E-state index in [1.807, 2.05) is 37.3 Å². The maximum atomic E-state index is 14.0. The molecular formula is C30H36ClN3O6S. The summed E-state index contributed by atoms with van der Waals surface area (Å²) in [7, 11) is -1.42. The summed E-state index contributed by atoms with van der Waals surface area (Å²) in [6.45, 7) is 3.72. The average molecular weight is 602 g/mol. The fraction of sp³-hybridized carbons (Fsp3) is 0.333. The van der Waals surface area contributed by atoms with E-state index in [4.69, 9.17) is 21.1 Å². The van der Waals surface area contributed by atoms with E-state index in [0.29, 0.717) is 23.7 Å². The van der Waals surface area contributed by atoms with Crippen molar-refractivity contribution in [2.45, 2.75) is 37.6 Å². The molecule has 1 atom stereocenters. The van der Waals surface area contributed by atoms with Crippen LogP contribution < -0.4 is 19.1 Å². The summed E-state index contributed by atoms with van der Waals surface area (Å²) in [4.78, 5) is 28.2. The van der Waals surface area contributed by atoms with Crippen LogP contribution in [0, 0.1) is 0 Å². The number of amides is 2. The Labute approximate surface area is 247 Å². The van der Waals surface area contributed by atoms with E-state index >= 15 is 0 Å². The van der Waals surface area contributed by atoms with Crippen molar-refractivity contribution in [3.63, 3.8) is 0 Å². The van der Waals surface area contributed by atoms with Crippen molar-refractivity contribution in [1.29, 1.82) is 0 Å². The van der Waals surface area contributed by atoms with Crippen LogP contribution in [0.3, 0.4) is 0 Å². The van der Waals surface area contributed by atoms with Crippen molar-refractivity contribution >= 4 is 39.1 Å². The fourth-order valence-electron chi connectivity index (χ4n) is 4.21. The highest BCUT2D eigenvalue weighted by atomic mass is 35.5. The van der Waals surface area contributed by atoms with Crippen LogP contribution in [0.5, 0.6) is 11.5 Å². The highest BCUT2D eigenvalue weighted by Gasteiger charge is 2.32. The standard InChI is InChI=1S/C30H36ClN3O6S/c1-5-18-32-30(36)22(2)33(19-17-23-9-7-6-8-10-23)29(35)21-34(25-13-11-24(31)12-14-25)41(37,38)26-15-16-27(39-3)28(20-26)40-4/h6-16,20,22H,5,17-19,21H2,1-4H3,(H,32,36)/t22-/m0/s1. The molecule has 0 aromatic heterocycles. The van der Waals surface area contributed by atoms with Gasteiger partial charge in [0.1, 0.15) is 12.6 Å². The van der Waals surface area contributed by atoms with Gasteiger partial charge in [-0.1, -0.05) is 48.9 Å². The molecule has 11 heteroatoms. The highest BCUT2D eigenvalue weighted by Crippen LogP contribution is 2.32. The molecule has 0 aliphatic heterocycles. The predicted octanol–water partition coefficient (Wildman–Crippen LogP) is 4.54. The fourth-order valence-corrected chi connectivity index (χ4v) is 5.76. The number of benzene rings is 3. The summed E-state index contributed by atoms with van der Waals surface area (Å²) in [6.07, 6.45) is 1.23. The molecule has 0 spiro atoms. The zero-order valence-corrected chi connectivity index (χ0v) is 25.2. The number of halogens is 1. The van der Waals surface area contributed by atoms with Crippen LogP contribution in [-0.4, -0.2) is 65.0 Å². The molecule has 0 saturated carbocycles. The number of rotatable bonds is 14. The van der Waals surface area contributed by atoms with Crippen molar-refractivity contribution in [3.05, 3.63) is 83.4 Å². The van der Waals surface area contributed by atoms with E-state index in [1.165, 1.54) is 49.5 Å². The van der Waals surface area contributed by atoms with Crippen molar-refractivity contribution < 1.29 is 27.5 Å². The smallest absolute Gasteiger partial charge is 0.264 e. The second-order valence-electron chi connectivity index (χ2n) is 9.29. The molecule has 3 rings (SSSR count). The lowest BCUT2D eigenvalue weighted by Gasteiger charge is -2.32. The van der Waals surface area contributed by atoms with Crippen LogP contribution in [0.15, 0.2) is 77.7 Å². The van der Waals surface area contributed by atoms with E-state index in [0.717, 1.165) is 16.3 Å². The Hall–Kier alpha value is -3.76. The number of nitrogens with one attached hydrogen (secondary N) is 1. The third-order valence-corrected chi connectivity index (χ3v) is 8.56. The average Bonchev–Trinajstić information content (AvgIpc) is 2.99. The number of ether oxygens (including phenoxy) is 2. The molecule has 9 nitrogen and oxygen atoms in total. The maximum Gasteiger partial charge on any atom is 0.264 e. The second-order valence-corrected chi connectivity index (χ2v) is 11.6. The van der Waals surface area contributed by atoms with Gasteiger partial charge in [-0.2, -0.15) is 0 Å². The monoisotopic (exact) mass is 601 g/mol. The molecule has 3 aromatic rings. The molecular weight excluding hydrogens is 566 g/mol. The molecule has 2 amide bonds. The van der Waals surface area contributed by atoms with Gasteiger partial charge >= 0.3 is 0 Å². The molecule has 0 aliphatic carbocycles. The van der Waals surface area contributed by atoms with Gasteiger partial charge in [-0.25, -0.2) is 8.42 Å². The summed E-state index contributed by atoms with van der Waals surface area (Å²) < 4.78 is 39.6. The molecule has 0 radical (unpaired) electrons. The lowest BCUT2D eigenvalue weighted by atomic mass is 10.1. The van der Waals surface area contributed by atoms with Crippen LogP contribution in [-0.2, 0) is 26.0 Å². The zero-order valence-electron chi connectivity index (χ0n) is 23.7. The second kappa shape index (κ2) is 14.7. The van der Waals surface area contributed by atoms with Crippen molar-refractivity contribution in [2.75, 3.05) is 38.2 Å². The molecule has 220 valence electrons. The Morgan fingerprint density at radius 1 is 0.951 bits per heavy atom. The lowest BCUT2D eigenvalue weighted by molar-refractivity contribution is -0.138. The first-order chi connectivity index (χ1) is 19.6. The number of anilines is 1. The highest BCUT2D eigenvalue weighted by molar-refractivity contribution is 7.92. The van der Waals surface area contributed by atoms with E-state index in [2.05, 4.69) is 5.32 Å². The van der Waals surface area contributed by atoms with Crippen LogP contribution in [0.1, 0.15) is 25.8 Å². The third-order valence-electron chi connectivity index (χ3n) is 6.54. The number of carbonyl (C=O) groups is 2. The first-order valence-corrected chi connectivity index (χ1v) is 15.1. The molecule has 0 saturated heterocycles. The Balaban J connectivity index is 2.00. The van der Waals surface area contributed by atoms with E-state index in [1.54, 1.807) is 19.1 Å². The normalized spacial score (nSPS) is 11.8. The van der Waals surface area contributed by atoms with Gasteiger partial charge in [0.25, 0.3) is 10.0 Å². The summed E-state index contributed by atoms with van der Waals surface area (Å²) in [6, 6.07) is 19.1. The zero-order chi connectivity index (χ0) is 30.0. The Kier molecular flexibility index (Phi) is 11.4. The molecule has 0 heterocycles. The number of carbonyl (C=O) groups excluding carboxylic acids is 2. The van der Waals surface area contributed by atoms with Crippen molar-refractivity contribution in [2.24, 2.45) is 0 Å². The lowest BCUT2D eigenvalue weighted by Crippen LogP contribution is -2.52. The van der Waals surface area contributed by atoms with Gasteiger partial charge < -0.3 is 19.7 Å². The Morgan fingerprint density at radius 3 is 2.22 bits per heavy atom. The number of sulfonamides is 1. The van der Waals surface area contributed by atoms with Crippen molar-refractivity contribution in [3.8, 4) is 11.5 Å². The first kappa shape index (κ1) is 31.8. The topological polar surface area (TPSA) is 105 Å². The number of nitrogens with zero attached hydrogens (tertiary/aromatic N) is 2. The van der Waals surface area contributed by atoms with E-state index in [9.17, 15) is 18.0 Å². The van der Waals surface area contributed by atoms with Gasteiger partial charge in [-0.15, -0.1) is 0 Å². The molecule has 41 heavy (non-hydrogen) atoms. The molecule has 3 aromatic carbocycles. The summed E-state index contributed by atoms with van der Waals surface area (Å²) in [5, 5.41) is 3.24. The third kappa shape index (κ3) is 8.14. The van der Waals surface area contributed by atoms with Crippen molar-refractivity contribution in [1.82, 2.24) is 10.2 Å². The van der Waals surface area contributed by atoms with Gasteiger partial charge in [0.15, 0.2) is 11.5 Å². The van der Waals surface area contributed by atoms with E-state index < -0.39 is 28.5 Å². The Bertz CT molecular complexity index is 1420. The molecule has 1 N–H and O–H groups in total. The quantitative estimate of drug-likeness (QED) is 0.291. The number of methoxy groups -OCH3 is 2.